The van der Waals surface area contributed by atoms with Gasteiger partial charge in [0.2, 0.25) is 0 Å². The highest BCUT2D eigenvalue weighted by Gasteiger charge is 2.22. The molecule has 0 amide bonds. The summed E-state index contributed by atoms with van der Waals surface area (Å²) in [4.78, 5) is 16.7. The topological polar surface area (TPSA) is 83.8 Å². The van der Waals surface area contributed by atoms with Crippen LogP contribution in [-0.2, 0) is 13.4 Å². The van der Waals surface area contributed by atoms with Crippen molar-refractivity contribution in [3.8, 4) is 0 Å². The third-order valence-corrected chi connectivity index (χ3v) is 3.26. The van der Waals surface area contributed by atoms with Gasteiger partial charge in [-0.15, -0.1) is 0 Å². The molecule has 0 aromatic heterocycles. The molecule has 0 saturated heterocycles. The Bertz CT molecular complexity index is 153. The van der Waals surface area contributed by atoms with Gasteiger partial charge in [0.05, 0.1) is 0 Å². The van der Waals surface area contributed by atoms with Crippen molar-refractivity contribution >= 4 is 23.8 Å². The molecule has 0 aromatic carbocycles. The van der Waals surface area contributed by atoms with Crippen LogP contribution in [0.2, 0.25) is 0 Å². The molecule has 0 bridgehead atoms. The number of hydrogen-bond donors (Lipinski definition) is 2. The first-order valence-corrected chi connectivity index (χ1v) is 7.06. The van der Waals surface area contributed by atoms with E-state index in [1.807, 2.05) is 0 Å². The molecule has 56 valence electrons. The molecule has 0 aliphatic heterocycles. The number of hydrogen-bond acceptors (Lipinski definition) is 3. The second kappa shape index (κ2) is 2.79. The molecule has 0 aliphatic carbocycles. The van der Waals surface area contributed by atoms with Crippen LogP contribution >= 0.6 is 23.8 Å². The predicted molar refractivity (Wildman–Crippen MR) is 36.4 cm³/mol. The first kappa shape index (κ1) is 9.77. The minimum absolute atomic E-state index is 0.833. The van der Waals surface area contributed by atoms with Crippen molar-refractivity contribution in [2.24, 2.45) is 0 Å². The molecule has 0 spiro atoms. The van der Waals surface area contributed by atoms with E-state index in [1.54, 1.807) is 0 Å². The van der Waals surface area contributed by atoms with E-state index in [4.69, 9.17) is 9.79 Å². The summed E-state index contributed by atoms with van der Waals surface area (Å²) < 4.78 is 24.2. The standard InChI is InChI=1S/CH7O5P3/c1-8(2,3)6-9(4,5)7/h7H2,1H3,(H,2,3)(H,4,5). The monoisotopic (exact) mass is 192 g/mol. The summed E-state index contributed by atoms with van der Waals surface area (Å²) in [5, 5.41) is 0. The maximum atomic E-state index is 10.2. The summed E-state index contributed by atoms with van der Waals surface area (Å²) in [5.41, 5.74) is 0. The Kier molecular flexibility index (Phi) is 3.03. The summed E-state index contributed by atoms with van der Waals surface area (Å²) in [6.45, 7) is 0.833. The zero-order chi connectivity index (χ0) is 7.71. The van der Waals surface area contributed by atoms with E-state index in [1.165, 1.54) is 8.93 Å². The molecule has 8 heteroatoms. The van der Waals surface area contributed by atoms with Crippen molar-refractivity contribution in [1.29, 1.82) is 0 Å². The van der Waals surface area contributed by atoms with Crippen molar-refractivity contribution < 1.29 is 23.2 Å². The van der Waals surface area contributed by atoms with Crippen molar-refractivity contribution in [2.75, 3.05) is 6.66 Å². The fraction of sp³-hybridized carbons (Fsp3) is 1.00. The van der Waals surface area contributed by atoms with E-state index >= 15 is 0 Å². The molecule has 0 fully saturated rings. The van der Waals surface area contributed by atoms with Crippen LogP contribution in [0, 0.1) is 0 Å². The van der Waals surface area contributed by atoms with Gasteiger partial charge in [0.25, 0.3) is 0 Å². The molecule has 0 aromatic rings. The van der Waals surface area contributed by atoms with Crippen LogP contribution in [0.5, 0.6) is 0 Å². The number of rotatable bonds is 2. The zero-order valence-corrected chi connectivity index (χ0v) is 7.53. The Balaban J connectivity index is 4.07. The molecule has 0 heterocycles. The highest BCUT2D eigenvalue weighted by atomic mass is 32.1. The van der Waals surface area contributed by atoms with Crippen LogP contribution in [0.3, 0.4) is 0 Å². The van der Waals surface area contributed by atoms with Gasteiger partial charge < -0.3 is 9.79 Å². The van der Waals surface area contributed by atoms with E-state index in [9.17, 15) is 9.13 Å². The molecule has 5 nitrogen and oxygen atoms in total. The van der Waals surface area contributed by atoms with Crippen molar-refractivity contribution in [3.05, 3.63) is 0 Å². The normalized spacial score (nSPS) is 24.4. The van der Waals surface area contributed by atoms with E-state index in [0.29, 0.717) is 0 Å². The molecule has 2 N–H and O–H groups in total. The van der Waals surface area contributed by atoms with Crippen molar-refractivity contribution in [3.63, 3.8) is 0 Å². The molecular formula is CH7O5P3. The highest BCUT2D eigenvalue weighted by molar-refractivity contribution is 8.13. The molecule has 0 aliphatic rings. The van der Waals surface area contributed by atoms with Gasteiger partial charge in [-0.1, -0.05) is 0 Å². The minimum Gasteiger partial charge on any atom is -0.324 e. The third-order valence-electron chi connectivity index (χ3n) is 0.268. The molecular weight excluding hydrogens is 185 g/mol. The van der Waals surface area contributed by atoms with E-state index in [2.05, 4.69) is 4.31 Å². The summed E-state index contributed by atoms with van der Waals surface area (Å²) in [7, 11) is -6.27. The Labute approximate surface area is 54.6 Å². The average Bonchev–Trinajstić information content (AvgIpc) is 1.14. The summed E-state index contributed by atoms with van der Waals surface area (Å²) in [6.07, 6.45) is 0. The van der Waals surface area contributed by atoms with Gasteiger partial charge in [-0.2, -0.15) is 0 Å². The minimum atomic E-state index is -3.88. The lowest BCUT2D eigenvalue weighted by molar-refractivity contribution is 0.351. The van der Waals surface area contributed by atoms with Crippen molar-refractivity contribution in [2.45, 2.75) is 0 Å². The predicted octanol–water partition coefficient (Wildman–Crippen LogP) is 0.794. The SMILES string of the molecule is CP(=O)(O)OP(=O)(O)P. The molecule has 3 unspecified atom stereocenters. The Morgan fingerprint density at radius 1 is 1.44 bits per heavy atom. The molecule has 3 atom stereocenters. The zero-order valence-electron chi connectivity index (χ0n) is 4.59. The molecule has 0 radical (unpaired) electrons. The van der Waals surface area contributed by atoms with Crippen LogP contribution < -0.4 is 0 Å². The van der Waals surface area contributed by atoms with E-state index < -0.39 is 14.9 Å². The van der Waals surface area contributed by atoms with E-state index in [-0.39, 0.29) is 0 Å². The lowest BCUT2D eigenvalue weighted by Crippen LogP contribution is -1.79. The summed E-state index contributed by atoms with van der Waals surface area (Å²) >= 11 is 0. The van der Waals surface area contributed by atoms with E-state index in [0.717, 1.165) is 6.66 Å². The first-order valence-electron chi connectivity index (χ1n) is 1.84. The summed E-state index contributed by atoms with van der Waals surface area (Å²) in [5.74, 6) is 0. The first-order chi connectivity index (χ1) is 3.71. The van der Waals surface area contributed by atoms with Gasteiger partial charge in [-0.25, -0.2) is 4.31 Å². The van der Waals surface area contributed by atoms with Crippen LogP contribution in [0.1, 0.15) is 0 Å². The van der Waals surface area contributed by atoms with Crippen molar-refractivity contribution in [1.82, 2.24) is 0 Å². The van der Waals surface area contributed by atoms with Gasteiger partial charge in [0.15, 0.2) is 0 Å². The van der Waals surface area contributed by atoms with Gasteiger partial charge in [0, 0.05) is 6.66 Å². The van der Waals surface area contributed by atoms with Gasteiger partial charge in [-0.3, -0.25) is 9.13 Å². The Hall–Kier alpha value is 0.770. The Morgan fingerprint density at radius 2 is 1.78 bits per heavy atom. The quantitative estimate of drug-likeness (QED) is 0.631. The molecule has 0 rings (SSSR count). The average molecular weight is 192 g/mol. The second-order valence-electron chi connectivity index (χ2n) is 1.45. The maximum absolute atomic E-state index is 10.2. The van der Waals surface area contributed by atoms with Gasteiger partial charge in [-0.05, 0) is 8.93 Å². The molecule has 9 heavy (non-hydrogen) atoms. The van der Waals surface area contributed by atoms with Crippen LogP contribution in [0.25, 0.3) is 0 Å². The van der Waals surface area contributed by atoms with Crippen LogP contribution in [0.15, 0.2) is 0 Å². The van der Waals surface area contributed by atoms with Gasteiger partial charge in [0.1, 0.15) is 0 Å². The Morgan fingerprint density at radius 3 is 1.78 bits per heavy atom. The second-order valence-corrected chi connectivity index (χ2v) is 6.79. The molecule has 0 saturated carbocycles. The third kappa shape index (κ3) is 8.77. The summed E-state index contributed by atoms with van der Waals surface area (Å²) in [6, 6.07) is 0. The largest absolute Gasteiger partial charge is 0.347 e. The maximum Gasteiger partial charge on any atom is 0.347 e. The highest BCUT2D eigenvalue weighted by Crippen LogP contribution is 2.62. The fourth-order valence-electron chi connectivity index (χ4n) is 0.217. The fourth-order valence-corrected chi connectivity index (χ4v) is 3.53. The van der Waals surface area contributed by atoms with Crippen LogP contribution in [-0.4, -0.2) is 16.5 Å². The van der Waals surface area contributed by atoms with Crippen LogP contribution in [0.4, 0.5) is 0 Å². The van der Waals surface area contributed by atoms with Gasteiger partial charge >= 0.3 is 14.9 Å². The smallest absolute Gasteiger partial charge is 0.324 e. The lowest BCUT2D eigenvalue weighted by atomic mass is 12.0. The lowest BCUT2D eigenvalue weighted by Gasteiger charge is -2.07.